The summed E-state index contributed by atoms with van der Waals surface area (Å²) in [5, 5.41) is 20.9. The van der Waals surface area contributed by atoms with Crippen molar-refractivity contribution in [3.05, 3.63) is 40.5 Å². The molecule has 1 saturated heterocycles. The summed E-state index contributed by atoms with van der Waals surface area (Å²) in [6.07, 6.45) is 9.50. The van der Waals surface area contributed by atoms with Gasteiger partial charge in [-0.2, -0.15) is 0 Å². The number of aryl methyl sites for hydroxylation is 1. The Bertz CT molecular complexity index is 889. The van der Waals surface area contributed by atoms with Gasteiger partial charge in [-0.1, -0.05) is 43.1 Å². The minimum Gasteiger partial charge on any atom is -0.508 e. The minimum atomic E-state index is -3.72. The van der Waals surface area contributed by atoms with E-state index in [9.17, 15) is 18.6 Å². The molecule has 1 aliphatic heterocycles. The predicted molar refractivity (Wildman–Crippen MR) is 121 cm³/mol. The zero-order chi connectivity index (χ0) is 22.3. The van der Waals surface area contributed by atoms with Crippen LogP contribution in [0.15, 0.2) is 34.3 Å². The summed E-state index contributed by atoms with van der Waals surface area (Å²) < 4.78 is 31.4. The fourth-order valence-electron chi connectivity index (χ4n) is 3.52. The smallest absolute Gasteiger partial charge is 0.189 e. The van der Waals surface area contributed by atoms with Crippen molar-refractivity contribution in [3.8, 4) is 11.5 Å². The molecular weight excluding hydrogens is 400 g/mol. The van der Waals surface area contributed by atoms with Crippen LogP contribution in [0.25, 0.3) is 0 Å². The maximum Gasteiger partial charge on any atom is 0.189 e. The third-order valence-corrected chi connectivity index (χ3v) is 7.71. The van der Waals surface area contributed by atoms with Crippen LogP contribution in [0.4, 0.5) is 0 Å². The molecule has 0 radical (unpaired) electrons. The van der Waals surface area contributed by atoms with Crippen LogP contribution in [0.3, 0.4) is 0 Å². The maximum absolute atomic E-state index is 13.2. The number of phenols is 2. The van der Waals surface area contributed by atoms with Gasteiger partial charge in [-0.15, -0.1) is 0 Å². The molecule has 0 aliphatic carbocycles. The van der Waals surface area contributed by atoms with Crippen LogP contribution < -0.4 is 0 Å². The van der Waals surface area contributed by atoms with Gasteiger partial charge >= 0.3 is 0 Å². The standard InChI is InChI=1S/C24H36O5S/c1-5-6-7-11-19-14-22(25)21(13-12-18(4)10-8-9-17(2)3)23(26)24(19)30(27,28)20-15-29-16-20/h9,12,14,20,25-26H,5-8,10-11,13,15-16H2,1-4H3. The van der Waals surface area contributed by atoms with Gasteiger partial charge < -0.3 is 14.9 Å². The summed E-state index contributed by atoms with van der Waals surface area (Å²) in [5.74, 6) is -0.349. The number of allylic oxidation sites excluding steroid dienone is 4. The Morgan fingerprint density at radius 3 is 2.43 bits per heavy atom. The average Bonchev–Trinajstić information content (AvgIpc) is 2.58. The molecule has 0 spiro atoms. The fourth-order valence-corrected chi connectivity index (χ4v) is 5.33. The van der Waals surface area contributed by atoms with Gasteiger partial charge in [0.05, 0.1) is 13.2 Å². The van der Waals surface area contributed by atoms with Gasteiger partial charge in [0, 0.05) is 5.56 Å². The Hall–Kier alpha value is -1.79. The van der Waals surface area contributed by atoms with Gasteiger partial charge in [-0.3, -0.25) is 0 Å². The van der Waals surface area contributed by atoms with E-state index in [0.29, 0.717) is 12.0 Å². The van der Waals surface area contributed by atoms with Gasteiger partial charge in [0.25, 0.3) is 0 Å². The fraction of sp³-hybridized carbons (Fsp3) is 0.583. The van der Waals surface area contributed by atoms with Gasteiger partial charge in [0.15, 0.2) is 9.84 Å². The normalized spacial score (nSPS) is 15.1. The second kappa shape index (κ2) is 11.0. The van der Waals surface area contributed by atoms with E-state index in [2.05, 4.69) is 26.8 Å². The first-order chi connectivity index (χ1) is 14.2. The molecule has 0 aromatic heterocycles. The molecule has 1 aliphatic rings. The lowest BCUT2D eigenvalue weighted by molar-refractivity contribution is 0.0415. The van der Waals surface area contributed by atoms with Gasteiger partial charge in [-0.05, 0) is 64.5 Å². The lowest BCUT2D eigenvalue weighted by Gasteiger charge is -2.27. The first-order valence-electron chi connectivity index (χ1n) is 10.9. The third kappa shape index (κ3) is 6.11. The van der Waals surface area contributed by atoms with Crippen LogP contribution in [-0.2, 0) is 27.4 Å². The highest BCUT2D eigenvalue weighted by Crippen LogP contribution is 2.40. The molecule has 168 valence electrons. The van der Waals surface area contributed by atoms with Crippen molar-refractivity contribution in [2.24, 2.45) is 0 Å². The molecule has 1 aromatic rings. The molecule has 1 aromatic carbocycles. The number of aromatic hydroxyl groups is 2. The molecule has 30 heavy (non-hydrogen) atoms. The van der Waals surface area contributed by atoms with Gasteiger partial charge in [0.1, 0.15) is 21.6 Å². The molecule has 1 heterocycles. The molecule has 0 atom stereocenters. The molecule has 0 saturated carbocycles. The Morgan fingerprint density at radius 1 is 1.17 bits per heavy atom. The Balaban J connectivity index is 2.37. The molecule has 2 rings (SSSR count). The molecule has 5 nitrogen and oxygen atoms in total. The van der Waals surface area contributed by atoms with E-state index in [0.717, 1.165) is 37.7 Å². The number of hydrogen-bond acceptors (Lipinski definition) is 5. The number of ether oxygens (including phenoxy) is 1. The monoisotopic (exact) mass is 436 g/mol. The number of hydrogen-bond donors (Lipinski definition) is 2. The molecule has 6 heteroatoms. The highest BCUT2D eigenvalue weighted by molar-refractivity contribution is 7.92. The molecule has 0 unspecified atom stereocenters. The maximum atomic E-state index is 13.2. The molecular formula is C24H36O5S. The van der Waals surface area contributed by atoms with Gasteiger partial charge in [-0.25, -0.2) is 8.42 Å². The Morgan fingerprint density at radius 2 is 1.87 bits per heavy atom. The lowest BCUT2D eigenvalue weighted by atomic mass is 10.00. The van der Waals surface area contributed by atoms with Crippen molar-refractivity contribution in [2.75, 3.05) is 13.2 Å². The molecule has 0 bridgehead atoms. The first kappa shape index (κ1) is 24.5. The van der Waals surface area contributed by atoms with E-state index in [-0.39, 0.29) is 41.6 Å². The number of unbranched alkanes of at least 4 members (excludes halogenated alkanes) is 2. The topological polar surface area (TPSA) is 83.8 Å². The second-order valence-electron chi connectivity index (χ2n) is 8.45. The summed E-state index contributed by atoms with van der Waals surface area (Å²) in [7, 11) is -3.72. The van der Waals surface area contributed by atoms with E-state index in [4.69, 9.17) is 4.74 Å². The molecule has 0 amide bonds. The highest BCUT2D eigenvalue weighted by Gasteiger charge is 2.38. The zero-order valence-corrected chi connectivity index (χ0v) is 19.5. The Labute approximate surface area is 181 Å². The summed E-state index contributed by atoms with van der Waals surface area (Å²) in [6.45, 7) is 8.51. The average molecular weight is 437 g/mol. The minimum absolute atomic E-state index is 0.0182. The number of sulfone groups is 1. The lowest BCUT2D eigenvalue weighted by Crippen LogP contribution is -2.41. The van der Waals surface area contributed by atoms with Crippen LogP contribution in [-0.4, -0.2) is 37.1 Å². The predicted octanol–water partition coefficient (Wildman–Crippen LogP) is 5.24. The van der Waals surface area contributed by atoms with Gasteiger partial charge in [0.2, 0.25) is 0 Å². The first-order valence-corrected chi connectivity index (χ1v) is 12.4. The van der Waals surface area contributed by atoms with Crippen LogP contribution in [0, 0.1) is 0 Å². The largest absolute Gasteiger partial charge is 0.508 e. The second-order valence-corrected chi connectivity index (χ2v) is 10.6. The number of benzene rings is 1. The third-order valence-electron chi connectivity index (χ3n) is 5.54. The van der Waals surface area contributed by atoms with Crippen molar-refractivity contribution in [1.82, 2.24) is 0 Å². The van der Waals surface area contributed by atoms with Crippen molar-refractivity contribution in [3.63, 3.8) is 0 Å². The van der Waals surface area contributed by atoms with Crippen molar-refractivity contribution >= 4 is 9.84 Å². The molecule has 2 N–H and O–H groups in total. The number of rotatable bonds is 11. The summed E-state index contributed by atoms with van der Waals surface area (Å²) in [5.41, 5.74) is 3.18. The van der Waals surface area contributed by atoms with Crippen LogP contribution >= 0.6 is 0 Å². The van der Waals surface area contributed by atoms with E-state index in [1.165, 1.54) is 11.6 Å². The SMILES string of the molecule is CCCCCc1cc(O)c(CC=C(C)CCC=C(C)C)c(O)c1S(=O)(=O)C1COC1. The summed E-state index contributed by atoms with van der Waals surface area (Å²) >= 11 is 0. The van der Waals surface area contributed by atoms with Crippen LogP contribution in [0.1, 0.15) is 70.9 Å². The number of phenolic OH excluding ortho intramolecular Hbond substituents is 2. The zero-order valence-electron chi connectivity index (χ0n) is 18.7. The Kier molecular flexibility index (Phi) is 8.98. The van der Waals surface area contributed by atoms with Crippen LogP contribution in [0.2, 0.25) is 0 Å². The van der Waals surface area contributed by atoms with Crippen LogP contribution in [0.5, 0.6) is 11.5 Å². The van der Waals surface area contributed by atoms with E-state index >= 15 is 0 Å². The highest BCUT2D eigenvalue weighted by atomic mass is 32.2. The van der Waals surface area contributed by atoms with E-state index in [1.54, 1.807) is 0 Å². The quantitative estimate of drug-likeness (QED) is 0.366. The molecule has 1 fully saturated rings. The van der Waals surface area contributed by atoms with Crippen molar-refractivity contribution in [2.45, 2.75) is 82.8 Å². The van der Waals surface area contributed by atoms with E-state index < -0.39 is 15.1 Å². The summed E-state index contributed by atoms with van der Waals surface area (Å²) in [4.78, 5) is -0.0182. The van der Waals surface area contributed by atoms with Crippen molar-refractivity contribution < 1.29 is 23.4 Å². The summed E-state index contributed by atoms with van der Waals surface area (Å²) in [6, 6.07) is 1.53. The van der Waals surface area contributed by atoms with E-state index in [1.807, 2.05) is 13.0 Å². The van der Waals surface area contributed by atoms with Crippen molar-refractivity contribution in [1.29, 1.82) is 0 Å².